The van der Waals surface area contributed by atoms with Crippen LogP contribution in [0, 0.1) is 5.82 Å². The van der Waals surface area contributed by atoms with E-state index in [-0.39, 0.29) is 18.4 Å². The summed E-state index contributed by atoms with van der Waals surface area (Å²) in [6, 6.07) is 6.47. The fourth-order valence-corrected chi connectivity index (χ4v) is 1.22. The van der Waals surface area contributed by atoms with E-state index in [1.807, 2.05) is 0 Å². The lowest BCUT2D eigenvalue weighted by Crippen LogP contribution is -2.03. The predicted molar refractivity (Wildman–Crippen MR) is 57.3 cm³/mol. The number of methoxy groups -OCH3 is 1. The fraction of sp³-hybridized carbons (Fsp3) is 0.417. The fourth-order valence-electron chi connectivity index (χ4n) is 1.22. The standard InChI is InChI=1S/C12H15FO3/c1-15-12(14)7-4-8-16-9-10-5-2-3-6-11(10)13/h2-3,5-6H,4,7-9H2,1H3. The summed E-state index contributed by atoms with van der Waals surface area (Å²) in [5.41, 5.74) is 0.528. The molecule has 0 unspecified atom stereocenters. The second-order valence-electron chi connectivity index (χ2n) is 3.32. The van der Waals surface area contributed by atoms with E-state index in [9.17, 15) is 9.18 Å². The van der Waals surface area contributed by atoms with E-state index < -0.39 is 0 Å². The van der Waals surface area contributed by atoms with Gasteiger partial charge >= 0.3 is 5.97 Å². The van der Waals surface area contributed by atoms with E-state index in [1.165, 1.54) is 13.2 Å². The first-order valence-corrected chi connectivity index (χ1v) is 5.12. The first-order chi connectivity index (χ1) is 7.74. The van der Waals surface area contributed by atoms with Crippen molar-refractivity contribution in [2.45, 2.75) is 19.4 Å². The molecule has 0 aliphatic heterocycles. The molecule has 1 rings (SSSR count). The number of carbonyl (C=O) groups excluding carboxylic acids is 1. The Labute approximate surface area is 94.2 Å². The molecule has 1 aromatic rings. The SMILES string of the molecule is COC(=O)CCCOCc1ccccc1F. The molecule has 0 spiro atoms. The van der Waals surface area contributed by atoms with Crippen LogP contribution in [0.25, 0.3) is 0 Å². The largest absolute Gasteiger partial charge is 0.469 e. The minimum atomic E-state index is -0.268. The Morgan fingerprint density at radius 1 is 1.38 bits per heavy atom. The van der Waals surface area contributed by atoms with Crippen LogP contribution in [0.4, 0.5) is 4.39 Å². The maximum absolute atomic E-state index is 13.1. The molecule has 88 valence electrons. The third-order valence-electron chi connectivity index (χ3n) is 2.11. The van der Waals surface area contributed by atoms with Gasteiger partial charge in [-0.1, -0.05) is 18.2 Å². The van der Waals surface area contributed by atoms with E-state index in [0.717, 1.165) is 0 Å². The van der Waals surface area contributed by atoms with Crippen LogP contribution in [0.5, 0.6) is 0 Å². The zero-order valence-corrected chi connectivity index (χ0v) is 9.24. The van der Waals surface area contributed by atoms with Crippen LogP contribution in [0.1, 0.15) is 18.4 Å². The molecule has 1 aromatic carbocycles. The van der Waals surface area contributed by atoms with Crippen molar-refractivity contribution < 1.29 is 18.7 Å². The molecule has 0 bridgehead atoms. The molecule has 0 aliphatic carbocycles. The third-order valence-corrected chi connectivity index (χ3v) is 2.11. The molecule has 0 heterocycles. The van der Waals surface area contributed by atoms with Gasteiger partial charge in [-0.15, -0.1) is 0 Å². The average molecular weight is 226 g/mol. The minimum Gasteiger partial charge on any atom is -0.469 e. The monoisotopic (exact) mass is 226 g/mol. The Kier molecular flexibility index (Phi) is 5.50. The van der Waals surface area contributed by atoms with Gasteiger partial charge in [-0.05, 0) is 12.5 Å². The highest BCUT2D eigenvalue weighted by Gasteiger charge is 2.02. The molecule has 0 amide bonds. The lowest BCUT2D eigenvalue weighted by atomic mass is 10.2. The van der Waals surface area contributed by atoms with Crippen LogP contribution in [0.2, 0.25) is 0 Å². The lowest BCUT2D eigenvalue weighted by Gasteiger charge is -2.04. The van der Waals surface area contributed by atoms with Crippen molar-refractivity contribution in [1.29, 1.82) is 0 Å². The molecule has 0 saturated heterocycles. The molecule has 4 heteroatoms. The summed E-state index contributed by atoms with van der Waals surface area (Å²) >= 11 is 0. The van der Waals surface area contributed by atoms with Gasteiger partial charge in [0.2, 0.25) is 0 Å². The van der Waals surface area contributed by atoms with Crippen LogP contribution in [0.3, 0.4) is 0 Å². The molecule has 0 aromatic heterocycles. The van der Waals surface area contributed by atoms with E-state index in [1.54, 1.807) is 18.2 Å². The van der Waals surface area contributed by atoms with Crippen LogP contribution < -0.4 is 0 Å². The van der Waals surface area contributed by atoms with Crippen molar-refractivity contribution in [3.63, 3.8) is 0 Å². The Balaban J connectivity index is 2.17. The molecule has 0 fully saturated rings. The van der Waals surface area contributed by atoms with Gasteiger partial charge in [0.1, 0.15) is 5.82 Å². The van der Waals surface area contributed by atoms with Crippen LogP contribution in [-0.2, 0) is 20.9 Å². The summed E-state index contributed by atoms with van der Waals surface area (Å²) in [5.74, 6) is -0.523. The van der Waals surface area contributed by atoms with E-state index in [0.29, 0.717) is 25.0 Å². The molecule has 0 saturated carbocycles. The van der Waals surface area contributed by atoms with E-state index in [2.05, 4.69) is 4.74 Å². The van der Waals surface area contributed by atoms with Crippen molar-refractivity contribution in [2.75, 3.05) is 13.7 Å². The summed E-state index contributed by atoms with van der Waals surface area (Å²) in [4.78, 5) is 10.8. The highest BCUT2D eigenvalue weighted by molar-refractivity contribution is 5.68. The smallest absolute Gasteiger partial charge is 0.305 e. The van der Waals surface area contributed by atoms with Crippen molar-refractivity contribution in [3.05, 3.63) is 35.6 Å². The average Bonchev–Trinajstić information content (AvgIpc) is 2.30. The van der Waals surface area contributed by atoms with Gasteiger partial charge in [-0.3, -0.25) is 4.79 Å². The number of benzene rings is 1. The van der Waals surface area contributed by atoms with Gasteiger partial charge in [0, 0.05) is 18.6 Å². The van der Waals surface area contributed by atoms with E-state index >= 15 is 0 Å². The van der Waals surface area contributed by atoms with Crippen molar-refractivity contribution in [3.8, 4) is 0 Å². The van der Waals surface area contributed by atoms with Crippen molar-refractivity contribution in [1.82, 2.24) is 0 Å². The maximum Gasteiger partial charge on any atom is 0.305 e. The van der Waals surface area contributed by atoms with Gasteiger partial charge in [-0.25, -0.2) is 4.39 Å². The first-order valence-electron chi connectivity index (χ1n) is 5.12. The van der Waals surface area contributed by atoms with Gasteiger partial charge in [0.15, 0.2) is 0 Å². The number of hydrogen-bond donors (Lipinski definition) is 0. The highest BCUT2D eigenvalue weighted by atomic mass is 19.1. The Morgan fingerprint density at radius 2 is 2.12 bits per heavy atom. The second kappa shape index (κ2) is 6.95. The first kappa shape index (κ1) is 12.6. The quantitative estimate of drug-likeness (QED) is 0.551. The Bertz CT molecular complexity index is 339. The molecule has 0 N–H and O–H groups in total. The zero-order valence-electron chi connectivity index (χ0n) is 9.24. The number of halogens is 1. The number of ether oxygens (including phenoxy) is 2. The van der Waals surface area contributed by atoms with E-state index in [4.69, 9.17) is 4.74 Å². The lowest BCUT2D eigenvalue weighted by molar-refractivity contribution is -0.141. The minimum absolute atomic E-state index is 0.230. The topological polar surface area (TPSA) is 35.5 Å². The van der Waals surface area contributed by atoms with Crippen LogP contribution in [-0.4, -0.2) is 19.7 Å². The highest BCUT2D eigenvalue weighted by Crippen LogP contribution is 2.07. The Hall–Kier alpha value is -1.42. The van der Waals surface area contributed by atoms with Gasteiger partial charge in [0.05, 0.1) is 13.7 Å². The summed E-state index contributed by atoms with van der Waals surface area (Å²) in [6.07, 6.45) is 0.912. The molecule has 0 atom stereocenters. The molecule has 16 heavy (non-hydrogen) atoms. The number of carbonyl (C=O) groups is 1. The summed E-state index contributed by atoms with van der Waals surface area (Å²) in [7, 11) is 1.35. The zero-order chi connectivity index (χ0) is 11.8. The normalized spacial score (nSPS) is 10.1. The molecule has 0 radical (unpaired) electrons. The molecule has 3 nitrogen and oxygen atoms in total. The van der Waals surface area contributed by atoms with Gasteiger partial charge in [0.25, 0.3) is 0 Å². The number of hydrogen-bond acceptors (Lipinski definition) is 3. The van der Waals surface area contributed by atoms with Crippen LogP contribution >= 0.6 is 0 Å². The summed E-state index contributed by atoms with van der Waals surface area (Å²) < 4.78 is 22.9. The van der Waals surface area contributed by atoms with Crippen LogP contribution in [0.15, 0.2) is 24.3 Å². The maximum atomic E-state index is 13.1. The summed E-state index contributed by atoms with van der Waals surface area (Å²) in [6.45, 7) is 0.650. The number of rotatable bonds is 6. The van der Waals surface area contributed by atoms with Crippen molar-refractivity contribution >= 4 is 5.97 Å². The molecular formula is C12H15FO3. The second-order valence-corrected chi connectivity index (χ2v) is 3.32. The predicted octanol–water partition coefficient (Wildman–Crippen LogP) is 2.30. The Morgan fingerprint density at radius 3 is 2.81 bits per heavy atom. The molecular weight excluding hydrogens is 211 g/mol. The molecule has 0 aliphatic rings. The van der Waals surface area contributed by atoms with Gasteiger partial charge in [-0.2, -0.15) is 0 Å². The summed E-state index contributed by atoms with van der Waals surface area (Å²) in [5, 5.41) is 0. The van der Waals surface area contributed by atoms with Gasteiger partial charge < -0.3 is 9.47 Å². The van der Waals surface area contributed by atoms with Crippen molar-refractivity contribution in [2.24, 2.45) is 0 Å². The third kappa shape index (κ3) is 4.40. The number of esters is 1.